The van der Waals surface area contributed by atoms with E-state index in [9.17, 15) is 9.59 Å². The van der Waals surface area contributed by atoms with Crippen molar-refractivity contribution in [3.8, 4) is 0 Å². The second kappa shape index (κ2) is 6.84. The zero-order valence-corrected chi connectivity index (χ0v) is 12.6. The SMILES string of the molecule is CCOC(=O)C1=C(C)NN=C(C(=O)OC)C1c1cccnc1. The average molecular weight is 303 g/mol. The van der Waals surface area contributed by atoms with Crippen LogP contribution >= 0.6 is 0 Å². The normalized spacial score (nSPS) is 17.4. The highest BCUT2D eigenvalue weighted by molar-refractivity contribution is 6.40. The van der Waals surface area contributed by atoms with Crippen molar-refractivity contribution >= 4 is 17.7 Å². The molecule has 2 heterocycles. The highest BCUT2D eigenvalue weighted by atomic mass is 16.5. The Hall–Kier alpha value is -2.70. The molecule has 22 heavy (non-hydrogen) atoms. The standard InChI is InChI=1S/C15H17N3O4/c1-4-22-14(19)11-9(2)17-18-13(15(20)21-3)12(11)10-6-5-7-16-8-10/h5-8,12,17H,4H2,1-3H3. The third kappa shape index (κ3) is 2.98. The molecule has 7 nitrogen and oxygen atoms in total. The van der Waals surface area contributed by atoms with Gasteiger partial charge in [-0.2, -0.15) is 5.10 Å². The highest BCUT2D eigenvalue weighted by Crippen LogP contribution is 2.31. The van der Waals surface area contributed by atoms with Crippen LogP contribution in [0.4, 0.5) is 0 Å². The van der Waals surface area contributed by atoms with Crippen LogP contribution in [-0.4, -0.2) is 36.4 Å². The van der Waals surface area contributed by atoms with Crippen LogP contribution in [-0.2, 0) is 19.1 Å². The van der Waals surface area contributed by atoms with Gasteiger partial charge in [0.05, 0.1) is 25.2 Å². The summed E-state index contributed by atoms with van der Waals surface area (Å²) in [6, 6.07) is 3.50. The maximum absolute atomic E-state index is 12.3. The Balaban J connectivity index is 2.53. The van der Waals surface area contributed by atoms with E-state index in [-0.39, 0.29) is 12.3 Å². The first-order chi connectivity index (χ1) is 10.6. The van der Waals surface area contributed by atoms with Crippen molar-refractivity contribution in [1.29, 1.82) is 0 Å². The second-order valence-electron chi connectivity index (χ2n) is 4.58. The number of methoxy groups -OCH3 is 1. The van der Waals surface area contributed by atoms with Gasteiger partial charge in [0, 0.05) is 18.1 Å². The number of rotatable bonds is 4. The van der Waals surface area contributed by atoms with Crippen LogP contribution in [0.25, 0.3) is 0 Å². The number of esters is 2. The van der Waals surface area contributed by atoms with Gasteiger partial charge in [-0.05, 0) is 25.5 Å². The summed E-state index contributed by atoms with van der Waals surface area (Å²) in [4.78, 5) is 28.3. The van der Waals surface area contributed by atoms with E-state index in [4.69, 9.17) is 9.47 Å². The van der Waals surface area contributed by atoms with Gasteiger partial charge >= 0.3 is 11.9 Å². The summed E-state index contributed by atoms with van der Waals surface area (Å²) < 4.78 is 9.86. The van der Waals surface area contributed by atoms with Gasteiger partial charge in [-0.15, -0.1) is 0 Å². The number of nitrogens with one attached hydrogen (secondary N) is 1. The highest BCUT2D eigenvalue weighted by Gasteiger charge is 2.37. The van der Waals surface area contributed by atoms with Gasteiger partial charge in [0.2, 0.25) is 0 Å². The smallest absolute Gasteiger partial charge is 0.355 e. The molecule has 1 aliphatic rings. The maximum Gasteiger partial charge on any atom is 0.355 e. The predicted octanol–water partition coefficient (Wildman–Crippen LogP) is 1.13. The minimum atomic E-state index is -0.679. The maximum atomic E-state index is 12.3. The summed E-state index contributed by atoms with van der Waals surface area (Å²) in [5, 5.41) is 4.03. The molecule has 0 aromatic carbocycles. The fourth-order valence-corrected chi connectivity index (χ4v) is 2.24. The van der Waals surface area contributed by atoms with Crippen LogP contribution in [0.3, 0.4) is 0 Å². The Morgan fingerprint density at radius 1 is 1.36 bits per heavy atom. The molecule has 1 atom stereocenters. The first kappa shape index (κ1) is 15.7. The molecule has 1 aromatic rings. The number of aromatic nitrogens is 1. The van der Waals surface area contributed by atoms with Crippen molar-refractivity contribution in [3.63, 3.8) is 0 Å². The summed E-state index contributed by atoms with van der Waals surface area (Å²) in [5.74, 6) is -1.80. The molecule has 0 spiro atoms. The number of pyridine rings is 1. The molecular formula is C15H17N3O4. The molecule has 7 heteroatoms. The average Bonchev–Trinajstić information content (AvgIpc) is 2.54. The number of nitrogens with zero attached hydrogens (tertiary/aromatic N) is 2. The van der Waals surface area contributed by atoms with Crippen LogP contribution in [0.1, 0.15) is 25.3 Å². The van der Waals surface area contributed by atoms with Crippen molar-refractivity contribution in [2.24, 2.45) is 5.10 Å². The number of hydrogen-bond donors (Lipinski definition) is 1. The van der Waals surface area contributed by atoms with Crippen LogP contribution < -0.4 is 5.43 Å². The quantitative estimate of drug-likeness (QED) is 0.839. The van der Waals surface area contributed by atoms with Gasteiger partial charge in [0.1, 0.15) is 0 Å². The molecule has 0 saturated carbocycles. The number of carbonyl (C=O) groups is 2. The van der Waals surface area contributed by atoms with Gasteiger partial charge in [-0.1, -0.05) is 6.07 Å². The summed E-state index contributed by atoms with van der Waals surface area (Å²) in [7, 11) is 1.26. The molecule has 2 rings (SSSR count). The molecule has 1 aromatic heterocycles. The van der Waals surface area contributed by atoms with E-state index < -0.39 is 17.9 Å². The van der Waals surface area contributed by atoms with Gasteiger partial charge in [0.25, 0.3) is 0 Å². The topological polar surface area (TPSA) is 89.9 Å². The molecule has 1 N–H and O–H groups in total. The van der Waals surface area contributed by atoms with Crippen molar-refractivity contribution in [3.05, 3.63) is 41.4 Å². The molecule has 0 fully saturated rings. The zero-order chi connectivity index (χ0) is 16.1. The Bertz CT molecular complexity index is 637. The van der Waals surface area contributed by atoms with Crippen molar-refractivity contribution < 1.29 is 19.1 Å². The number of hydrazone groups is 1. The van der Waals surface area contributed by atoms with E-state index in [1.54, 1.807) is 38.4 Å². The third-order valence-corrected chi connectivity index (χ3v) is 3.22. The first-order valence-electron chi connectivity index (χ1n) is 6.79. The fourth-order valence-electron chi connectivity index (χ4n) is 2.24. The third-order valence-electron chi connectivity index (χ3n) is 3.22. The lowest BCUT2D eigenvalue weighted by atomic mass is 9.85. The molecule has 1 aliphatic heterocycles. The first-order valence-corrected chi connectivity index (χ1v) is 6.79. The van der Waals surface area contributed by atoms with Gasteiger partial charge in [-0.25, -0.2) is 9.59 Å². The number of ether oxygens (including phenoxy) is 2. The van der Waals surface area contributed by atoms with Crippen LogP contribution in [0.5, 0.6) is 0 Å². The molecule has 0 bridgehead atoms. The van der Waals surface area contributed by atoms with Crippen molar-refractivity contribution in [2.75, 3.05) is 13.7 Å². The van der Waals surface area contributed by atoms with Crippen LogP contribution in [0.15, 0.2) is 40.9 Å². The summed E-state index contributed by atoms with van der Waals surface area (Å²) >= 11 is 0. The van der Waals surface area contributed by atoms with Crippen LogP contribution in [0, 0.1) is 0 Å². The Morgan fingerprint density at radius 2 is 2.14 bits per heavy atom. The van der Waals surface area contributed by atoms with E-state index in [0.717, 1.165) is 0 Å². The molecule has 1 unspecified atom stereocenters. The monoisotopic (exact) mass is 303 g/mol. The molecule has 0 amide bonds. The van der Waals surface area contributed by atoms with E-state index in [1.165, 1.54) is 7.11 Å². The van der Waals surface area contributed by atoms with Crippen LogP contribution in [0.2, 0.25) is 0 Å². The lowest BCUT2D eigenvalue weighted by Crippen LogP contribution is -2.35. The second-order valence-corrected chi connectivity index (χ2v) is 4.58. The van der Waals surface area contributed by atoms with Crippen molar-refractivity contribution in [2.45, 2.75) is 19.8 Å². The minimum absolute atomic E-state index is 0.0872. The summed E-state index contributed by atoms with van der Waals surface area (Å²) in [5.41, 5.74) is 4.28. The lowest BCUT2D eigenvalue weighted by molar-refractivity contribution is -0.138. The van der Waals surface area contributed by atoms with E-state index in [2.05, 4.69) is 15.5 Å². The number of hydrogen-bond acceptors (Lipinski definition) is 7. The van der Waals surface area contributed by atoms with Crippen molar-refractivity contribution in [1.82, 2.24) is 10.4 Å². The van der Waals surface area contributed by atoms with E-state index in [0.29, 0.717) is 16.8 Å². The largest absolute Gasteiger partial charge is 0.464 e. The number of carbonyl (C=O) groups excluding carboxylic acids is 2. The summed E-state index contributed by atoms with van der Waals surface area (Å²) in [6.07, 6.45) is 3.20. The fraction of sp³-hybridized carbons (Fsp3) is 0.333. The lowest BCUT2D eigenvalue weighted by Gasteiger charge is -2.25. The molecular weight excluding hydrogens is 286 g/mol. The molecule has 116 valence electrons. The predicted molar refractivity (Wildman–Crippen MR) is 78.9 cm³/mol. The Kier molecular flexibility index (Phi) is 4.88. The summed E-state index contributed by atoms with van der Waals surface area (Å²) in [6.45, 7) is 3.66. The molecule has 0 saturated heterocycles. The molecule has 0 aliphatic carbocycles. The van der Waals surface area contributed by atoms with Gasteiger partial charge < -0.3 is 9.47 Å². The van der Waals surface area contributed by atoms with E-state index >= 15 is 0 Å². The van der Waals surface area contributed by atoms with Gasteiger partial charge in [0.15, 0.2) is 5.71 Å². The molecule has 0 radical (unpaired) electrons. The number of allylic oxidation sites excluding steroid dienone is 1. The Morgan fingerprint density at radius 3 is 2.73 bits per heavy atom. The van der Waals surface area contributed by atoms with E-state index in [1.807, 2.05) is 0 Å². The Labute approximate surface area is 128 Å². The zero-order valence-electron chi connectivity index (χ0n) is 12.6. The van der Waals surface area contributed by atoms with Gasteiger partial charge in [-0.3, -0.25) is 10.4 Å². The minimum Gasteiger partial charge on any atom is -0.464 e.